The monoisotopic (exact) mass is 359 g/mol. The van der Waals surface area contributed by atoms with Crippen LogP contribution in [0.3, 0.4) is 0 Å². The van der Waals surface area contributed by atoms with E-state index in [1.165, 1.54) is 11.3 Å². The largest absolute Gasteiger partial charge is 0.462 e. The second-order valence-corrected chi connectivity index (χ2v) is 6.83. The molecule has 1 heterocycles. The van der Waals surface area contributed by atoms with E-state index >= 15 is 0 Å². The van der Waals surface area contributed by atoms with Crippen LogP contribution >= 0.6 is 11.6 Å². The van der Waals surface area contributed by atoms with Crippen LogP contribution in [0.25, 0.3) is 0 Å². The van der Waals surface area contributed by atoms with Crippen LogP contribution in [0.15, 0.2) is 48.5 Å². The molecule has 0 bridgehead atoms. The molecule has 0 amide bonds. The third-order valence-electron chi connectivity index (χ3n) is 4.76. The van der Waals surface area contributed by atoms with Gasteiger partial charge < -0.3 is 10.1 Å². The molecule has 1 aliphatic rings. The van der Waals surface area contributed by atoms with Gasteiger partial charge in [0, 0.05) is 23.7 Å². The van der Waals surface area contributed by atoms with E-state index in [1.54, 1.807) is 0 Å². The third kappa shape index (κ3) is 4.21. The molecule has 0 unspecified atom stereocenters. The average Bonchev–Trinajstić information content (AvgIpc) is 2.65. The Bertz CT molecular complexity index is 707. The van der Waals surface area contributed by atoms with E-state index < -0.39 is 0 Å². The Balaban J connectivity index is 1.87. The van der Waals surface area contributed by atoms with Gasteiger partial charge in [-0.15, -0.1) is 0 Å². The molecule has 0 radical (unpaired) electrons. The van der Waals surface area contributed by atoms with Crippen molar-refractivity contribution in [2.45, 2.75) is 13.5 Å². The first-order chi connectivity index (χ1) is 12.1. The van der Waals surface area contributed by atoms with Crippen LogP contribution in [0.2, 0.25) is 5.02 Å². The summed E-state index contributed by atoms with van der Waals surface area (Å²) in [6.07, 6.45) is 0. The molecule has 5 heteroatoms. The van der Waals surface area contributed by atoms with Gasteiger partial charge in [0.05, 0.1) is 25.3 Å². The average molecular weight is 360 g/mol. The fourth-order valence-corrected chi connectivity index (χ4v) is 3.52. The van der Waals surface area contributed by atoms with Gasteiger partial charge in [0.2, 0.25) is 0 Å². The van der Waals surface area contributed by atoms with E-state index in [9.17, 15) is 4.79 Å². The molecule has 1 saturated heterocycles. The number of nitrogens with one attached hydrogen (secondary N) is 1. The fraction of sp³-hybridized carbons (Fsp3) is 0.350. The number of carbonyl (C=O) groups excluding carboxylic acids is 1. The highest BCUT2D eigenvalue weighted by atomic mass is 35.5. The molecule has 1 N–H and O–H groups in total. The Morgan fingerprint density at radius 1 is 1.08 bits per heavy atom. The Labute approximate surface area is 154 Å². The van der Waals surface area contributed by atoms with Crippen molar-refractivity contribution in [1.82, 2.24) is 9.80 Å². The molecule has 0 saturated carbocycles. The lowest BCUT2D eigenvalue weighted by atomic mass is 10.1. The van der Waals surface area contributed by atoms with Crippen LogP contribution < -0.4 is 9.80 Å². The summed E-state index contributed by atoms with van der Waals surface area (Å²) in [5.41, 5.74) is 3.09. The van der Waals surface area contributed by atoms with Gasteiger partial charge in [-0.1, -0.05) is 23.7 Å². The highest BCUT2D eigenvalue weighted by molar-refractivity contribution is 6.30. The minimum absolute atomic E-state index is 0.265. The number of halogens is 1. The summed E-state index contributed by atoms with van der Waals surface area (Å²) in [6.45, 7) is 7.11. The van der Waals surface area contributed by atoms with Crippen LogP contribution in [-0.4, -0.2) is 38.8 Å². The summed E-state index contributed by atoms with van der Waals surface area (Å²) >= 11 is 6.02. The van der Waals surface area contributed by atoms with Gasteiger partial charge in [-0.25, -0.2) is 4.79 Å². The smallest absolute Gasteiger partial charge is 0.338 e. The standard InChI is InChI=1S/C20H24ClN2O2/c1-2-25-20(24)17-5-9-19(10-6-17)23(13-11-22-12-14-23)15-16-3-7-18(21)8-4-16/h3-10,22H,2,11-15H2,1H3/q+1. The van der Waals surface area contributed by atoms with Crippen LogP contribution in [0.5, 0.6) is 0 Å². The van der Waals surface area contributed by atoms with Crippen LogP contribution in [0.1, 0.15) is 22.8 Å². The summed E-state index contributed by atoms with van der Waals surface area (Å²) in [6, 6.07) is 15.9. The molecule has 0 spiro atoms. The number of benzene rings is 2. The molecular formula is C20H24ClN2O2+. The van der Waals surface area contributed by atoms with Gasteiger partial charge >= 0.3 is 5.97 Å². The zero-order valence-electron chi connectivity index (χ0n) is 14.5. The molecule has 25 heavy (non-hydrogen) atoms. The molecule has 2 aromatic carbocycles. The Kier molecular flexibility index (Phi) is 5.74. The van der Waals surface area contributed by atoms with Crippen LogP contribution in [0.4, 0.5) is 5.69 Å². The van der Waals surface area contributed by atoms with Crippen LogP contribution in [-0.2, 0) is 11.3 Å². The van der Waals surface area contributed by atoms with Crippen molar-refractivity contribution in [2.75, 3.05) is 32.8 Å². The van der Waals surface area contributed by atoms with Crippen molar-refractivity contribution >= 4 is 23.3 Å². The number of carbonyl (C=O) groups is 1. The number of nitrogens with zero attached hydrogens (tertiary/aromatic N) is 1. The van der Waals surface area contributed by atoms with Gasteiger partial charge in [-0.05, 0) is 43.3 Å². The van der Waals surface area contributed by atoms with Crippen molar-refractivity contribution in [3.63, 3.8) is 0 Å². The maximum atomic E-state index is 11.9. The molecule has 0 aromatic heterocycles. The Morgan fingerprint density at radius 2 is 1.72 bits per heavy atom. The van der Waals surface area contributed by atoms with Gasteiger partial charge in [-0.3, -0.25) is 4.48 Å². The molecule has 4 nitrogen and oxygen atoms in total. The molecule has 0 aliphatic carbocycles. The van der Waals surface area contributed by atoms with Crippen molar-refractivity contribution in [1.29, 1.82) is 0 Å². The third-order valence-corrected chi connectivity index (χ3v) is 5.01. The number of esters is 1. The van der Waals surface area contributed by atoms with E-state index in [0.29, 0.717) is 12.2 Å². The maximum absolute atomic E-state index is 11.9. The second kappa shape index (κ2) is 8.00. The van der Waals surface area contributed by atoms with Crippen LogP contribution in [0, 0.1) is 0 Å². The number of piperazine rings is 1. The predicted molar refractivity (Wildman–Crippen MR) is 102 cm³/mol. The number of quaternary nitrogens is 1. The van der Waals surface area contributed by atoms with Crippen molar-refractivity contribution in [2.24, 2.45) is 0 Å². The minimum Gasteiger partial charge on any atom is -0.462 e. The molecule has 1 fully saturated rings. The first-order valence-electron chi connectivity index (χ1n) is 8.72. The zero-order valence-corrected chi connectivity index (χ0v) is 15.3. The summed E-state index contributed by atoms with van der Waals surface area (Å²) < 4.78 is 5.95. The molecule has 0 atom stereocenters. The van der Waals surface area contributed by atoms with Crippen molar-refractivity contribution in [3.8, 4) is 0 Å². The summed E-state index contributed by atoms with van der Waals surface area (Å²) in [5.74, 6) is -0.265. The number of rotatable bonds is 5. The van der Waals surface area contributed by atoms with E-state index in [4.69, 9.17) is 16.3 Å². The lowest BCUT2D eigenvalue weighted by molar-refractivity contribution is 0.0526. The Morgan fingerprint density at radius 3 is 2.32 bits per heavy atom. The topological polar surface area (TPSA) is 38.3 Å². The molecule has 2 aromatic rings. The lowest BCUT2D eigenvalue weighted by Crippen LogP contribution is -2.59. The van der Waals surface area contributed by atoms with Gasteiger partial charge in [0.15, 0.2) is 0 Å². The second-order valence-electron chi connectivity index (χ2n) is 6.39. The number of hydrogen-bond acceptors (Lipinski definition) is 3. The first-order valence-corrected chi connectivity index (χ1v) is 9.10. The van der Waals surface area contributed by atoms with Gasteiger partial charge in [-0.2, -0.15) is 0 Å². The maximum Gasteiger partial charge on any atom is 0.338 e. The van der Waals surface area contributed by atoms with E-state index in [2.05, 4.69) is 29.6 Å². The summed E-state index contributed by atoms with van der Waals surface area (Å²) in [7, 11) is 0. The predicted octanol–water partition coefficient (Wildman–Crippen LogP) is 3.63. The molecule has 132 valence electrons. The minimum atomic E-state index is -0.265. The van der Waals surface area contributed by atoms with Gasteiger partial charge in [0.25, 0.3) is 0 Å². The fourth-order valence-electron chi connectivity index (χ4n) is 3.40. The van der Waals surface area contributed by atoms with Crippen molar-refractivity contribution < 1.29 is 9.53 Å². The van der Waals surface area contributed by atoms with Gasteiger partial charge in [0.1, 0.15) is 12.2 Å². The zero-order chi connectivity index (χ0) is 17.7. The lowest BCUT2D eigenvalue weighted by Gasteiger charge is -2.41. The first kappa shape index (κ1) is 17.9. The highest BCUT2D eigenvalue weighted by Gasteiger charge is 2.32. The number of ether oxygens (including phenoxy) is 1. The van der Waals surface area contributed by atoms with E-state index in [-0.39, 0.29) is 5.97 Å². The molecular weight excluding hydrogens is 336 g/mol. The van der Waals surface area contributed by atoms with E-state index in [0.717, 1.165) is 42.2 Å². The normalized spacial score (nSPS) is 16.4. The summed E-state index contributed by atoms with van der Waals surface area (Å²) in [4.78, 5) is 11.9. The highest BCUT2D eigenvalue weighted by Crippen LogP contribution is 2.28. The molecule has 3 rings (SSSR count). The quantitative estimate of drug-likeness (QED) is 0.654. The van der Waals surface area contributed by atoms with E-state index in [1.807, 2.05) is 31.2 Å². The molecule has 1 aliphatic heterocycles. The summed E-state index contributed by atoms with van der Waals surface area (Å²) in [5, 5.41) is 4.20. The Hall–Kier alpha value is -1.88. The van der Waals surface area contributed by atoms with Crippen molar-refractivity contribution in [3.05, 3.63) is 64.7 Å². The number of hydrogen-bond donors (Lipinski definition) is 1. The SMILES string of the molecule is CCOC(=O)c1ccc([N+]2(Cc3ccc(Cl)cc3)CCNCC2)cc1.